The topological polar surface area (TPSA) is 62.4 Å². The second-order valence-corrected chi connectivity index (χ2v) is 5.44. The zero-order valence-electron chi connectivity index (χ0n) is 12.3. The van der Waals surface area contributed by atoms with Crippen LogP contribution in [0.4, 0.5) is 11.4 Å². The molecule has 0 radical (unpaired) electrons. The van der Waals surface area contributed by atoms with Gasteiger partial charge in [0, 0.05) is 13.7 Å². The van der Waals surface area contributed by atoms with Crippen LogP contribution in [0.1, 0.15) is 13.8 Å². The fourth-order valence-corrected chi connectivity index (χ4v) is 2.24. The molecule has 0 fully saturated rings. The minimum Gasteiger partial charge on any atom is -0.383 e. The summed E-state index contributed by atoms with van der Waals surface area (Å²) in [6.45, 7) is 5.26. The number of amides is 1. The molecule has 0 spiro atoms. The molecule has 2 unspecified atom stereocenters. The molecule has 1 aliphatic rings. The van der Waals surface area contributed by atoms with Crippen molar-refractivity contribution >= 4 is 17.3 Å². The summed E-state index contributed by atoms with van der Waals surface area (Å²) < 4.78 is 5.16. The molecule has 1 aromatic carbocycles. The Kier molecular flexibility index (Phi) is 4.84. The molecule has 3 N–H and O–H groups in total. The van der Waals surface area contributed by atoms with Crippen LogP contribution in [0.2, 0.25) is 0 Å². The number of carbonyl (C=O) groups excluding carboxylic acids is 1. The van der Waals surface area contributed by atoms with Gasteiger partial charge in [-0.2, -0.15) is 0 Å². The number of rotatable bonds is 5. The second kappa shape index (κ2) is 6.61. The zero-order chi connectivity index (χ0) is 14.5. The predicted molar refractivity (Wildman–Crippen MR) is 81.0 cm³/mol. The van der Waals surface area contributed by atoms with E-state index < -0.39 is 0 Å². The van der Waals surface area contributed by atoms with E-state index in [0.29, 0.717) is 19.1 Å². The third-order valence-corrected chi connectivity index (χ3v) is 3.55. The van der Waals surface area contributed by atoms with Crippen LogP contribution in [0.5, 0.6) is 0 Å². The lowest BCUT2D eigenvalue weighted by Crippen LogP contribution is -2.51. The van der Waals surface area contributed by atoms with Crippen LogP contribution in [-0.4, -0.2) is 38.3 Å². The molecule has 0 bridgehead atoms. The molecule has 1 aliphatic heterocycles. The van der Waals surface area contributed by atoms with Crippen molar-refractivity contribution in [1.29, 1.82) is 0 Å². The molecule has 0 aliphatic carbocycles. The number of fused-ring (bicyclic) bond motifs is 1. The van der Waals surface area contributed by atoms with Crippen LogP contribution in [0.25, 0.3) is 0 Å². The summed E-state index contributed by atoms with van der Waals surface area (Å²) in [7, 11) is 1.65. The molecule has 5 heteroatoms. The Labute approximate surface area is 120 Å². The van der Waals surface area contributed by atoms with Crippen molar-refractivity contribution in [3.8, 4) is 0 Å². The normalized spacial score (nSPS) is 18.7. The van der Waals surface area contributed by atoms with E-state index in [4.69, 9.17) is 4.74 Å². The summed E-state index contributed by atoms with van der Waals surface area (Å²) in [5.41, 5.74) is 2.00. The van der Waals surface area contributed by atoms with E-state index in [-0.39, 0.29) is 18.0 Å². The molecule has 1 heterocycles. The summed E-state index contributed by atoms with van der Waals surface area (Å²) >= 11 is 0. The molecule has 1 aromatic rings. The van der Waals surface area contributed by atoms with Gasteiger partial charge in [0.1, 0.15) is 6.04 Å². The van der Waals surface area contributed by atoms with Gasteiger partial charge in [-0.25, -0.2) is 0 Å². The quantitative estimate of drug-likeness (QED) is 0.766. The van der Waals surface area contributed by atoms with Crippen LogP contribution in [0.15, 0.2) is 24.3 Å². The molecule has 0 saturated carbocycles. The Hall–Kier alpha value is -1.75. The first kappa shape index (κ1) is 14.7. The summed E-state index contributed by atoms with van der Waals surface area (Å²) in [5.74, 6) is 0.338. The van der Waals surface area contributed by atoms with Crippen molar-refractivity contribution in [2.75, 3.05) is 30.9 Å². The molecule has 0 aromatic heterocycles. The first-order valence-electron chi connectivity index (χ1n) is 7.00. The van der Waals surface area contributed by atoms with E-state index in [2.05, 4.69) is 29.8 Å². The SMILES string of the molecule is COCC(NC(=O)C1CNc2ccccc2N1)C(C)C. The van der Waals surface area contributed by atoms with Gasteiger partial charge in [-0.05, 0) is 18.1 Å². The summed E-state index contributed by atoms with van der Waals surface area (Å²) in [4.78, 5) is 12.3. The molecule has 2 rings (SSSR count). The number of methoxy groups -OCH3 is 1. The summed E-state index contributed by atoms with van der Waals surface area (Å²) in [6.07, 6.45) is 0. The Morgan fingerprint density at radius 3 is 2.75 bits per heavy atom. The lowest BCUT2D eigenvalue weighted by molar-refractivity contribution is -0.123. The maximum Gasteiger partial charge on any atom is 0.244 e. The number of anilines is 2. The van der Waals surface area contributed by atoms with E-state index in [1.54, 1.807) is 7.11 Å². The molecule has 5 nitrogen and oxygen atoms in total. The molecule has 2 atom stereocenters. The lowest BCUT2D eigenvalue weighted by atomic mass is 10.0. The van der Waals surface area contributed by atoms with Crippen LogP contribution < -0.4 is 16.0 Å². The minimum atomic E-state index is -0.261. The van der Waals surface area contributed by atoms with Gasteiger partial charge in [-0.15, -0.1) is 0 Å². The predicted octanol–water partition coefficient (Wildman–Crippen LogP) is 1.68. The molecule has 0 saturated heterocycles. The van der Waals surface area contributed by atoms with E-state index >= 15 is 0 Å². The fraction of sp³-hybridized carbons (Fsp3) is 0.533. The highest BCUT2D eigenvalue weighted by molar-refractivity contribution is 5.88. The number of para-hydroxylation sites is 2. The molecular formula is C15H23N3O2. The van der Waals surface area contributed by atoms with Gasteiger partial charge < -0.3 is 20.7 Å². The van der Waals surface area contributed by atoms with Crippen molar-refractivity contribution in [2.24, 2.45) is 5.92 Å². The standard InChI is InChI=1S/C15H23N3O2/c1-10(2)14(9-20-3)18-15(19)13-8-16-11-6-4-5-7-12(11)17-13/h4-7,10,13-14,16-17H,8-9H2,1-3H3,(H,18,19). The highest BCUT2D eigenvalue weighted by atomic mass is 16.5. The average molecular weight is 277 g/mol. The number of hydrogen-bond donors (Lipinski definition) is 3. The first-order valence-corrected chi connectivity index (χ1v) is 7.00. The van der Waals surface area contributed by atoms with Crippen molar-refractivity contribution < 1.29 is 9.53 Å². The number of carbonyl (C=O) groups is 1. The van der Waals surface area contributed by atoms with E-state index in [1.807, 2.05) is 24.3 Å². The summed E-state index contributed by atoms with van der Waals surface area (Å²) in [6, 6.07) is 7.67. The van der Waals surface area contributed by atoms with Crippen LogP contribution in [0.3, 0.4) is 0 Å². The third kappa shape index (κ3) is 3.42. The largest absolute Gasteiger partial charge is 0.383 e. The zero-order valence-corrected chi connectivity index (χ0v) is 12.3. The van der Waals surface area contributed by atoms with Gasteiger partial charge in [0.25, 0.3) is 0 Å². The van der Waals surface area contributed by atoms with Crippen molar-refractivity contribution in [2.45, 2.75) is 25.9 Å². The Bertz CT molecular complexity index is 462. The van der Waals surface area contributed by atoms with Gasteiger partial charge in [-0.3, -0.25) is 4.79 Å². The highest BCUT2D eigenvalue weighted by Crippen LogP contribution is 2.25. The van der Waals surface area contributed by atoms with Gasteiger partial charge in [-0.1, -0.05) is 26.0 Å². The number of benzene rings is 1. The Morgan fingerprint density at radius 2 is 2.10 bits per heavy atom. The Balaban J connectivity index is 1.97. The molecule has 20 heavy (non-hydrogen) atoms. The molecule has 110 valence electrons. The van der Waals surface area contributed by atoms with Gasteiger partial charge in [0.2, 0.25) is 5.91 Å². The first-order chi connectivity index (χ1) is 9.61. The van der Waals surface area contributed by atoms with E-state index in [9.17, 15) is 4.79 Å². The van der Waals surface area contributed by atoms with Gasteiger partial charge in [0.05, 0.1) is 24.0 Å². The van der Waals surface area contributed by atoms with Gasteiger partial charge in [0.15, 0.2) is 0 Å². The number of hydrogen-bond acceptors (Lipinski definition) is 4. The van der Waals surface area contributed by atoms with Gasteiger partial charge >= 0.3 is 0 Å². The van der Waals surface area contributed by atoms with Crippen molar-refractivity contribution in [3.63, 3.8) is 0 Å². The fourth-order valence-electron chi connectivity index (χ4n) is 2.24. The molecular weight excluding hydrogens is 254 g/mol. The third-order valence-electron chi connectivity index (χ3n) is 3.55. The van der Waals surface area contributed by atoms with E-state index in [0.717, 1.165) is 11.4 Å². The monoisotopic (exact) mass is 277 g/mol. The van der Waals surface area contributed by atoms with Crippen LogP contribution >= 0.6 is 0 Å². The van der Waals surface area contributed by atoms with Crippen molar-refractivity contribution in [1.82, 2.24) is 5.32 Å². The smallest absolute Gasteiger partial charge is 0.244 e. The highest BCUT2D eigenvalue weighted by Gasteiger charge is 2.26. The van der Waals surface area contributed by atoms with Crippen molar-refractivity contribution in [3.05, 3.63) is 24.3 Å². The number of nitrogens with one attached hydrogen (secondary N) is 3. The van der Waals surface area contributed by atoms with Crippen LogP contribution in [-0.2, 0) is 9.53 Å². The average Bonchev–Trinajstić information content (AvgIpc) is 2.46. The second-order valence-electron chi connectivity index (χ2n) is 5.44. The maximum absolute atomic E-state index is 12.3. The Morgan fingerprint density at radius 1 is 1.40 bits per heavy atom. The number of ether oxygens (including phenoxy) is 1. The summed E-state index contributed by atoms with van der Waals surface area (Å²) in [5, 5.41) is 9.59. The molecule has 1 amide bonds. The maximum atomic E-state index is 12.3. The minimum absolute atomic E-state index is 0.00255. The van der Waals surface area contributed by atoms with Crippen LogP contribution in [0, 0.1) is 5.92 Å². The van der Waals surface area contributed by atoms with E-state index in [1.165, 1.54) is 0 Å². The lowest BCUT2D eigenvalue weighted by Gasteiger charge is -2.30.